The topological polar surface area (TPSA) is 43.6 Å². The van der Waals surface area contributed by atoms with E-state index in [2.05, 4.69) is 52.8 Å². The second-order valence-electron chi connectivity index (χ2n) is 5.23. The van der Waals surface area contributed by atoms with Crippen LogP contribution in [0.5, 0.6) is 0 Å². The molecule has 0 fully saturated rings. The van der Waals surface area contributed by atoms with Gasteiger partial charge in [-0.3, -0.25) is 10.2 Å². The van der Waals surface area contributed by atoms with Crippen LogP contribution in [-0.2, 0) is 0 Å². The van der Waals surface area contributed by atoms with Crippen molar-refractivity contribution in [3.05, 3.63) is 59.1 Å². The van der Waals surface area contributed by atoms with E-state index in [9.17, 15) is 0 Å². The summed E-state index contributed by atoms with van der Waals surface area (Å²) in [6.45, 7) is 2.06. The molecule has 1 aliphatic heterocycles. The molecule has 1 heterocycles. The molecule has 2 aromatic rings. The number of H-pyrrole nitrogens is 2. The molecule has 0 bridgehead atoms. The monoisotopic (exact) mass is 295 g/mol. The molecule has 21 heavy (non-hydrogen) atoms. The Morgan fingerprint density at radius 2 is 1.86 bits per heavy atom. The van der Waals surface area contributed by atoms with E-state index >= 15 is 0 Å². The molecule has 0 saturated heterocycles. The van der Waals surface area contributed by atoms with Crippen LogP contribution in [0.1, 0.15) is 5.56 Å². The Morgan fingerprint density at radius 3 is 2.76 bits per heavy atom. The molecule has 0 unspecified atom stereocenters. The van der Waals surface area contributed by atoms with Gasteiger partial charge in [0.25, 0.3) is 0 Å². The van der Waals surface area contributed by atoms with Crippen molar-refractivity contribution in [1.82, 2.24) is 10.2 Å². The Balaban J connectivity index is 1.80. The first-order chi connectivity index (χ1) is 10.2. The van der Waals surface area contributed by atoms with Gasteiger partial charge in [-0.15, -0.1) is 0 Å². The van der Waals surface area contributed by atoms with Crippen LogP contribution in [0.15, 0.2) is 48.5 Å². The summed E-state index contributed by atoms with van der Waals surface area (Å²) in [7, 11) is 0. The number of hydrogen-bond acceptors (Lipinski definition) is 1. The SMILES string of the molecule is Cc1ccc(Cl)cc1Nc1[nH][nH]c2c3ccccc3cc1-2. The molecule has 0 spiro atoms. The molecular weight excluding hydrogens is 282 g/mol. The third kappa shape index (κ3) is 1.98. The highest BCUT2D eigenvalue weighted by Gasteiger charge is 2.16. The van der Waals surface area contributed by atoms with Crippen molar-refractivity contribution in [3.8, 4) is 11.3 Å². The van der Waals surface area contributed by atoms with Gasteiger partial charge in [-0.2, -0.15) is 0 Å². The Morgan fingerprint density at radius 1 is 1.00 bits per heavy atom. The molecule has 0 atom stereocenters. The normalized spacial score (nSPS) is 11.3. The zero-order valence-electron chi connectivity index (χ0n) is 11.5. The third-order valence-corrected chi connectivity index (χ3v) is 4.08. The molecular formula is C17H14ClN3. The Labute approximate surface area is 127 Å². The molecule has 1 aliphatic carbocycles. The molecule has 0 saturated carbocycles. The van der Waals surface area contributed by atoms with Gasteiger partial charge in [0.05, 0.1) is 5.69 Å². The minimum Gasteiger partial charge on any atom is -0.340 e. The first kappa shape index (κ1) is 12.4. The summed E-state index contributed by atoms with van der Waals surface area (Å²) >= 11 is 6.08. The predicted molar refractivity (Wildman–Crippen MR) is 88.7 cm³/mol. The number of aryl methyl sites for hydroxylation is 1. The summed E-state index contributed by atoms with van der Waals surface area (Å²) in [4.78, 5) is 0. The van der Waals surface area contributed by atoms with E-state index in [0.29, 0.717) is 0 Å². The standard InChI is InChI=1S/C17H14ClN3/c1-10-6-7-12(18)9-15(10)19-17-14-8-11-4-2-3-5-13(11)16(14)20-21-17/h2-9,19-21H,1H3. The lowest BCUT2D eigenvalue weighted by Crippen LogP contribution is -1.94. The lowest BCUT2D eigenvalue weighted by atomic mass is 10.2. The first-order valence-corrected chi connectivity index (χ1v) is 7.21. The highest BCUT2D eigenvalue weighted by molar-refractivity contribution is 6.30. The van der Waals surface area contributed by atoms with Gasteiger partial charge in [-0.05, 0) is 36.1 Å². The fraction of sp³-hybridized carbons (Fsp3) is 0.0588. The average Bonchev–Trinajstić information content (AvgIpc) is 3.03. The van der Waals surface area contributed by atoms with E-state index < -0.39 is 0 Å². The molecule has 104 valence electrons. The van der Waals surface area contributed by atoms with Crippen LogP contribution in [0.3, 0.4) is 0 Å². The van der Waals surface area contributed by atoms with Crippen LogP contribution in [-0.4, -0.2) is 10.2 Å². The lowest BCUT2D eigenvalue weighted by Gasteiger charge is -2.08. The van der Waals surface area contributed by atoms with Crippen LogP contribution in [0.4, 0.5) is 11.5 Å². The summed E-state index contributed by atoms with van der Waals surface area (Å²) in [6, 6.07) is 16.4. The Kier molecular flexibility index (Phi) is 2.69. The number of nitrogens with one attached hydrogen (secondary N) is 3. The first-order valence-electron chi connectivity index (χ1n) is 6.83. The van der Waals surface area contributed by atoms with Crippen LogP contribution in [0.25, 0.3) is 22.0 Å². The van der Waals surface area contributed by atoms with E-state index in [-0.39, 0.29) is 0 Å². The summed E-state index contributed by atoms with van der Waals surface area (Å²) < 4.78 is 0. The van der Waals surface area contributed by atoms with E-state index in [0.717, 1.165) is 33.3 Å². The smallest absolute Gasteiger partial charge is 0.132 e. The highest BCUT2D eigenvalue weighted by atomic mass is 35.5. The van der Waals surface area contributed by atoms with Crippen molar-refractivity contribution in [3.63, 3.8) is 0 Å². The number of halogens is 1. The van der Waals surface area contributed by atoms with Crippen molar-refractivity contribution in [1.29, 1.82) is 0 Å². The average molecular weight is 296 g/mol. The summed E-state index contributed by atoms with van der Waals surface area (Å²) in [5.41, 5.74) is 4.42. The third-order valence-electron chi connectivity index (χ3n) is 3.84. The van der Waals surface area contributed by atoms with Gasteiger partial charge in [0, 0.05) is 21.7 Å². The van der Waals surface area contributed by atoms with E-state index in [1.165, 1.54) is 10.8 Å². The van der Waals surface area contributed by atoms with Crippen molar-refractivity contribution in [2.75, 3.05) is 5.32 Å². The fourth-order valence-corrected chi connectivity index (χ4v) is 2.88. The molecule has 2 aliphatic rings. The molecule has 0 radical (unpaired) electrons. The molecule has 3 N–H and O–H groups in total. The van der Waals surface area contributed by atoms with Crippen molar-refractivity contribution < 1.29 is 0 Å². The molecule has 0 amide bonds. The zero-order chi connectivity index (χ0) is 14.4. The molecule has 3 nitrogen and oxygen atoms in total. The highest BCUT2D eigenvalue weighted by Crippen LogP contribution is 2.38. The second-order valence-corrected chi connectivity index (χ2v) is 5.67. The largest absolute Gasteiger partial charge is 0.340 e. The van der Waals surface area contributed by atoms with E-state index in [4.69, 9.17) is 11.6 Å². The number of aromatic nitrogens is 2. The zero-order valence-corrected chi connectivity index (χ0v) is 12.3. The van der Waals surface area contributed by atoms with E-state index in [1.54, 1.807) is 0 Å². The maximum absolute atomic E-state index is 6.08. The summed E-state index contributed by atoms with van der Waals surface area (Å²) in [6.07, 6.45) is 0. The van der Waals surface area contributed by atoms with Crippen LogP contribution >= 0.6 is 11.6 Å². The number of hydrogen-bond donors (Lipinski definition) is 3. The van der Waals surface area contributed by atoms with Gasteiger partial charge in [-0.25, -0.2) is 0 Å². The van der Waals surface area contributed by atoms with Crippen molar-refractivity contribution in [2.24, 2.45) is 0 Å². The van der Waals surface area contributed by atoms with Crippen LogP contribution < -0.4 is 5.32 Å². The minimum absolute atomic E-state index is 0.725. The van der Waals surface area contributed by atoms with Gasteiger partial charge in [0.15, 0.2) is 0 Å². The maximum atomic E-state index is 6.08. The molecule has 4 heteroatoms. The lowest BCUT2D eigenvalue weighted by molar-refractivity contribution is 1.11. The quantitative estimate of drug-likeness (QED) is 0.461. The predicted octanol–water partition coefficient (Wildman–Crippen LogP) is 5.31. The van der Waals surface area contributed by atoms with E-state index in [1.807, 2.05) is 18.2 Å². The fourth-order valence-electron chi connectivity index (χ4n) is 2.71. The van der Waals surface area contributed by atoms with Crippen molar-refractivity contribution in [2.45, 2.75) is 6.92 Å². The van der Waals surface area contributed by atoms with Crippen LogP contribution in [0.2, 0.25) is 5.02 Å². The summed E-state index contributed by atoms with van der Waals surface area (Å²) in [5, 5.41) is 13.1. The minimum atomic E-state index is 0.725. The number of anilines is 2. The maximum Gasteiger partial charge on any atom is 0.132 e. The number of rotatable bonds is 2. The summed E-state index contributed by atoms with van der Waals surface area (Å²) in [5.74, 6) is 0.951. The van der Waals surface area contributed by atoms with Gasteiger partial charge >= 0.3 is 0 Å². The van der Waals surface area contributed by atoms with Crippen molar-refractivity contribution >= 4 is 33.9 Å². The van der Waals surface area contributed by atoms with Gasteiger partial charge < -0.3 is 5.32 Å². The number of benzene rings is 2. The molecule has 0 aromatic heterocycles. The van der Waals surface area contributed by atoms with Gasteiger partial charge in [0.2, 0.25) is 0 Å². The molecule has 4 rings (SSSR count). The number of aromatic amines is 2. The van der Waals surface area contributed by atoms with Gasteiger partial charge in [-0.1, -0.05) is 41.9 Å². The van der Waals surface area contributed by atoms with Gasteiger partial charge in [0.1, 0.15) is 5.82 Å². The second kappa shape index (κ2) is 4.57. The molecule has 2 aromatic carbocycles. The number of fused-ring (bicyclic) bond motifs is 3. The van der Waals surface area contributed by atoms with Crippen LogP contribution in [0, 0.1) is 6.92 Å². The Hall–Kier alpha value is -2.39. The Bertz CT molecular complexity index is 904.